The zero-order chi connectivity index (χ0) is 19.8. The molecule has 1 aliphatic rings. The minimum Gasteiger partial charge on any atom is -0.494 e. The molecule has 0 amide bonds. The minimum absolute atomic E-state index is 0.526. The third kappa shape index (κ3) is 6.02. The van der Waals surface area contributed by atoms with Crippen LogP contribution >= 0.6 is 0 Å². The van der Waals surface area contributed by atoms with Gasteiger partial charge in [0, 0.05) is 5.56 Å². The Morgan fingerprint density at radius 1 is 0.964 bits per heavy atom. The Bertz CT molecular complexity index is 724. The Morgan fingerprint density at radius 2 is 1.71 bits per heavy atom. The van der Waals surface area contributed by atoms with E-state index in [0.29, 0.717) is 23.8 Å². The summed E-state index contributed by atoms with van der Waals surface area (Å²) < 4.78 is 32.4. The third-order valence-corrected chi connectivity index (χ3v) is 5.93. The molecular weight excluding hydrogens is 356 g/mol. The molecule has 1 heterocycles. The highest BCUT2D eigenvalue weighted by atomic mass is 19.1. The van der Waals surface area contributed by atoms with E-state index in [4.69, 9.17) is 4.74 Å². The molecule has 0 spiro atoms. The average molecular weight is 388 g/mol. The lowest BCUT2D eigenvalue weighted by Crippen LogP contribution is -2.14. The first kappa shape index (κ1) is 20.8. The summed E-state index contributed by atoms with van der Waals surface area (Å²) in [5.41, 5.74) is 1.92. The van der Waals surface area contributed by atoms with Gasteiger partial charge in [0.2, 0.25) is 11.9 Å². The van der Waals surface area contributed by atoms with Crippen molar-refractivity contribution in [1.82, 2.24) is 4.98 Å². The lowest BCUT2D eigenvalue weighted by Gasteiger charge is -2.29. The summed E-state index contributed by atoms with van der Waals surface area (Å²) in [6.07, 6.45) is 9.79. The molecule has 0 aliphatic heterocycles. The van der Waals surface area contributed by atoms with Crippen molar-refractivity contribution >= 4 is 0 Å². The maximum atomic E-state index is 13.7. The van der Waals surface area contributed by atoms with Crippen molar-refractivity contribution in [2.24, 2.45) is 5.92 Å². The number of halogens is 2. The van der Waals surface area contributed by atoms with Crippen LogP contribution in [0.2, 0.25) is 0 Å². The van der Waals surface area contributed by atoms with Gasteiger partial charge in [0.1, 0.15) is 5.75 Å². The van der Waals surface area contributed by atoms with Gasteiger partial charge in [-0.1, -0.05) is 31.9 Å². The van der Waals surface area contributed by atoms with Crippen LogP contribution in [-0.4, -0.2) is 11.6 Å². The summed E-state index contributed by atoms with van der Waals surface area (Å²) >= 11 is 0. The van der Waals surface area contributed by atoms with Crippen molar-refractivity contribution in [3.05, 3.63) is 59.4 Å². The van der Waals surface area contributed by atoms with E-state index < -0.39 is 11.9 Å². The fourth-order valence-corrected chi connectivity index (χ4v) is 4.15. The van der Waals surface area contributed by atoms with Crippen LogP contribution in [0.25, 0.3) is 0 Å². The van der Waals surface area contributed by atoms with E-state index in [1.54, 1.807) is 0 Å². The molecule has 4 heteroatoms. The molecule has 1 saturated carbocycles. The molecule has 0 bridgehead atoms. The largest absolute Gasteiger partial charge is 0.494 e. The topological polar surface area (TPSA) is 22.1 Å². The quantitative estimate of drug-likeness (QED) is 0.347. The van der Waals surface area contributed by atoms with Gasteiger partial charge in [-0.2, -0.15) is 13.8 Å². The molecule has 0 N–H and O–H groups in total. The number of aromatic nitrogens is 1. The molecule has 2 nitrogen and oxygen atoms in total. The van der Waals surface area contributed by atoms with Crippen LogP contribution < -0.4 is 4.74 Å². The summed E-state index contributed by atoms with van der Waals surface area (Å²) in [6, 6.07) is 11.4. The fourth-order valence-electron chi connectivity index (χ4n) is 4.15. The standard InChI is InChI=1S/C24H31F2NO/c1-2-3-4-17-28-22-14-11-20(12-15-22)19-8-5-18(6-9-19)7-10-21-13-16-23(25)27-24(21)26/h11-16,18-19H,2-10,17H2,1H3. The van der Waals surface area contributed by atoms with Crippen LogP contribution in [0.15, 0.2) is 36.4 Å². The van der Waals surface area contributed by atoms with Gasteiger partial charge >= 0.3 is 0 Å². The minimum atomic E-state index is -0.751. The van der Waals surface area contributed by atoms with Crippen molar-refractivity contribution in [2.75, 3.05) is 6.61 Å². The summed E-state index contributed by atoms with van der Waals surface area (Å²) in [5, 5.41) is 0. The molecule has 0 saturated heterocycles. The number of aryl methyl sites for hydroxylation is 1. The van der Waals surface area contributed by atoms with Gasteiger partial charge in [-0.3, -0.25) is 0 Å². The van der Waals surface area contributed by atoms with Crippen LogP contribution in [-0.2, 0) is 6.42 Å². The Kier molecular flexibility index (Phi) is 7.81. The summed E-state index contributed by atoms with van der Waals surface area (Å²) in [6.45, 7) is 2.99. The number of nitrogens with zero attached hydrogens (tertiary/aromatic N) is 1. The van der Waals surface area contributed by atoms with Gasteiger partial charge < -0.3 is 4.74 Å². The second-order valence-corrected chi connectivity index (χ2v) is 7.96. The van der Waals surface area contributed by atoms with E-state index >= 15 is 0 Å². The van der Waals surface area contributed by atoms with E-state index in [9.17, 15) is 8.78 Å². The van der Waals surface area contributed by atoms with Gasteiger partial charge in [-0.05, 0) is 86.6 Å². The van der Waals surface area contributed by atoms with Crippen molar-refractivity contribution < 1.29 is 13.5 Å². The fraction of sp³-hybridized carbons (Fsp3) is 0.542. The number of pyridine rings is 1. The van der Waals surface area contributed by atoms with Crippen molar-refractivity contribution in [2.45, 2.75) is 70.6 Å². The maximum Gasteiger partial charge on any atom is 0.218 e. The lowest BCUT2D eigenvalue weighted by molar-refractivity contribution is 0.303. The first-order chi connectivity index (χ1) is 13.7. The van der Waals surface area contributed by atoms with Gasteiger partial charge in [-0.25, -0.2) is 0 Å². The van der Waals surface area contributed by atoms with Crippen LogP contribution in [0, 0.1) is 17.8 Å². The monoisotopic (exact) mass is 387 g/mol. The highest BCUT2D eigenvalue weighted by molar-refractivity contribution is 5.29. The predicted octanol–water partition coefficient (Wildman–Crippen LogP) is 6.84. The number of rotatable bonds is 9. The summed E-state index contributed by atoms with van der Waals surface area (Å²) in [4.78, 5) is 3.28. The highest BCUT2D eigenvalue weighted by Gasteiger charge is 2.22. The van der Waals surface area contributed by atoms with Gasteiger partial charge in [0.25, 0.3) is 0 Å². The van der Waals surface area contributed by atoms with Crippen molar-refractivity contribution in [3.63, 3.8) is 0 Å². The molecule has 1 aliphatic carbocycles. The smallest absolute Gasteiger partial charge is 0.218 e. The normalized spacial score (nSPS) is 19.5. The van der Waals surface area contributed by atoms with E-state index in [1.807, 2.05) is 0 Å². The molecule has 28 heavy (non-hydrogen) atoms. The molecule has 0 radical (unpaired) electrons. The molecule has 3 rings (SSSR count). The first-order valence-corrected chi connectivity index (χ1v) is 10.7. The van der Waals surface area contributed by atoms with Gasteiger partial charge in [0.05, 0.1) is 6.61 Å². The van der Waals surface area contributed by atoms with Gasteiger partial charge in [0.15, 0.2) is 0 Å². The second-order valence-electron chi connectivity index (χ2n) is 7.96. The van der Waals surface area contributed by atoms with Crippen LogP contribution in [0.4, 0.5) is 8.78 Å². The maximum absolute atomic E-state index is 13.7. The number of benzene rings is 1. The Hall–Kier alpha value is -1.97. The molecule has 2 aromatic rings. The first-order valence-electron chi connectivity index (χ1n) is 10.7. The molecule has 1 aromatic heterocycles. The molecule has 0 atom stereocenters. The Balaban J connectivity index is 1.42. The number of hydrogen-bond donors (Lipinski definition) is 0. The van der Waals surface area contributed by atoms with E-state index in [-0.39, 0.29) is 0 Å². The number of ether oxygens (including phenoxy) is 1. The summed E-state index contributed by atoms with van der Waals surface area (Å²) in [5.74, 6) is 0.768. The van der Waals surface area contributed by atoms with Crippen molar-refractivity contribution in [1.29, 1.82) is 0 Å². The molecule has 0 unspecified atom stereocenters. The van der Waals surface area contributed by atoms with Gasteiger partial charge in [-0.15, -0.1) is 0 Å². The van der Waals surface area contributed by atoms with E-state index in [2.05, 4.69) is 36.2 Å². The molecular formula is C24H31F2NO. The van der Waals surface area contributed by atoms with E-state index in [0.717, 1.165) is 38.0 Å². The highest BCUT2D eigenvalue weighted by Crippen LogP contribution is 2.38. The summed E-state index contributed by atoms with van der Waals surface area (Å²) in [7, 11) is 0. The third-order valence-electron chi connectivity index (χ3n) is 5.93. The van der Waals surface area contributed by atoms with Crippen LogP contribution in [0.1, 0.15) is 75.3 Å². The zero-order valence-electron chi connectivity index (χ0n) is 16.8. The molecule has 1 aromatic carbocycles. The Labute approximate surface area is 167 Å². The van der Waals surface area contributed by atoms with Crippen molar-refractivity contribution in [3.8, 4) is 5.75 Å². The second kappa shape index (κ2) is 10.5. The SMILES string of the molecule is CCCCCOc1ccc(C2CCC(CCc3ccc(F)nc3F)CC2)cc1. The molecule has 1 fully saturated rings. The zero-order valence-corrected chi connectivity index (χ0v) is 16.8. The van der Waals surface area contributed by atoms with Crippen LogP contribution in [0.3, 0.4) is 0 Å². The molecule has 152 valence electrons. The Morgan fingerprint density at radius 3 is 2.39 bits per heavy atom. The number of unbranched alkanes of at least 4 members (excludes halogenated alkanes) is 2. The average Bonchev–Trinajstić information content (AvgIpc) is 2.72. The van der Waals surface area contributed by atoms with E-state index in [1.165, 1.54) is 43.4 Å². The number of hydrogen-bond acceptors (Lipinski definition) is 2. The lowest BCUT2D eigenvalue weighted by atomic mass is 9.77. The van der Waals surface area contributed by atoms with Crippen LogP contribution in [0.5, 0.6) is 5.75 Å². The predicted molar refractivity (Wildman–Crippen MR) is 109 cm³/mol.